The molecule has 1 heterocycles. The Morgan fingerprint density at radius 1 is 1.45 bits per heavy atom. The molecule has 0 spiro atoms. The summed E-state index contributed by atoms with van der Waals surface area (Å²) in [7, 11) is 0. The zero-order valence-corrected chi connectivity index (χ0v) is 10.8. The second-order valence-electron chi connectivity index (χ2n) is 4.73. The number of nitrogens with two attached hydrogens (primary N) is 1. The van der Waals surface area contributed by atoms with Gasteiger partial charge in [0.1, 0.15) is 11.6 Å². The third-order valence-corrected chi connectivity index (χ3v) is 3.56. The molecule has 0 aliphatic carbocycles. The van der Waals surface area contributed by atoms with Crippen LogP contribution in [0.25, 0.3) is 0 Å². The van der Waals surface area contributed by atoms with Gasteiger partial charge in [-0.1, -0.05) is 0 Å². The SMILES string of the molecule is N#Cc1ccc(N2CCC(C(N)=O)CC2)cc1[N+](=O)[O-]. The van der Waals surface area contributed by atoms with Gasteiger partial charge in [-0.25, -0.2) is 0 Å². The molecule has 1 aliphatic heterocycles. The lowest BCUT2D eigenvalue weighted by Gasteiger charge is -2.32. The summed E-state index contributed by atoms with van der Waals surface area (Å²) in [5, 5.41) is 19.8. The first-order chi connectivity index (χ1) is 9.52. The van der Waals surface area contributed by atoms with E-state index in [1.807, 2.05) is 11.0 Å². The predicted octanol–water partition coefficient (Wildman–Crippen LogP) is 1.17. The molecule has 0 radical (unpaired) electrons. The summed E-state index contributed by atoms with van der Waals surface area (Å²) in [6, 6.07) is 6.36. The molecule has 2 rings (SSSR count). The summed E-state index contributed by atoms with van der Waals surface area (Å²) in [5.41, 5.74) is 5.82. The van der Waals surface area contributed by atoms with Crippen LogP contribution in [-0.2, 0) is 4.79 Å². The zero-order valence-electron chi connectivity index (χ0n) is 10.8. The summed E-state index contributed by atoms with van der Waals surface area (Å²) in [5.74, 6) is -0.421. The number of amides is 1. The van der Waals surface area contributed by atoms with Crippen molar-refractivity contribution in [1.82, 2.24) is 0 Å². The van der Waals surface area contributed by atoms with Gasteiger partial charge in [0.25, 0.3) is 5.69 Å². The molecule has 7 nitrogen and oxygen atoms in total. The Bertz CT molecular complexity index is 586. The van der Waals surface area contributed by atoms with E-state index in [0.717, 1.165) is 0 Å². The van der Waals surface area contributed by atoms with Crippen molar-refractivity contribution >= 4 is 17.3 Å². The molecule has 0 aromatic heterocycles. The number of benzene rings is 1. The van der Waals surface area contributed by atoms with E-state index in [2.05, 4.69) is 0 Å². The van der Waals surface area contributed by atoms with Gasteiger partial charge in [-0.15, -0.1) is 0 Å². The maximum atomic E-state index is 11.1. The number of carbonyl (C=O) groups is 1. The normalized spacial score (nSPS) is 15.7. The molecular weight excluding hydrogens is 260 g/mol. The molecule has 0 unspecified atom stereocenters. The third-order valence-electron chi connectivity index (χ3n) is 3.56. The van der Waals surface area contributed by atoms with Crippen molar-refractivity contribution in [3.8, 4) is 6.07 Å². The number of piperidine rings is 1. The number of nitro benzene ring substituents is 1. The van der Waals surface area contributed by atoms with Crippen molar-refractivity contribution in [3.63, 3.8) is 0 Å². The number of nitriles is 1. The average molecular weight is 274 g/mol. The van der Waals surface area contributed by atoms with E-state index >= 15 is 0 Å². The van der Waals surface area contributed by atoms with Gasteiger partial charge in [0.2, 0.25) is 5.91 Å². The van der Waals surface area contributed by atoms with Crippen molar-refractivity contribution < 1.29 is 9.72 Å². The average Bonchev–Trinajstić information content (AvgIpc) is 2.46. The highest BCUT2D eigenvalue weighted by Gasteiger charge is 2.24. The second kappa shape index (κ2) is 5.57. The summed E-state index contributed by atoms with van der Waals surface area (Å²) in [4.78, 5) is 23.4. The number of rotatable bonds is 3. The number of primary amides is 1. The van der Waals surface area contributed by atoms with Crippen molar-refractivity contribution in [2.75, 3.05) is 18.0 Å². The van der Waals surface area contributed by atoms with E-state index in [0.29, 0.717) is 31.6 Å². The highest BCUT2D eigenvalue weighted by atomic mass is 16.6. The van der Waals surface area contributed by atoms with E-state index in [9.17, 15) is 14.9 Å². The van der Waals surface area contributed by atoms with E-state index in [4.69, 9.17) is 11.0 Å². The number of hydrogen-bond acceptors (Lipinski definition) is 5. The smallest absolute Gasteiger partial charge is 0.289 e. The monoisotopic (exact) mass is 274 g/mol. The molecule has 7 heteroatoms. The highest BCUT2D eigenvalue weighted by Crippen LogP contribution is 2.28. The Hall–Kier alpha value is -2.62. The minimum Gasteiger partial charge on any atom is -0.371 e. The number of carbonyl (C=O) groups excluding carboxylic acids is 1. The highest BCUT2D eigenvalue weighted by molar-refractivity contribution is 5.77. The van der Waals surface area contributed by atoms with Crippen LogP contribution in [0.3, 0.4) is 0 Å². The van der Waals surface area contributed by atoms with Crippen molar-refractivity contribution in [2.24, 2.45) is 11.7 Å². The van der Waals surface area contributed by atoms with E-state index < -0.39 is 4.92 Å². The van der Waals surface area contributed by atoms with Crippen LogP contribution in [0.4, 0.5) is 11.4 Å². The lowest BCUT2D eigenvalue weighted by Crippen LogP contribution is -2.38. The molecule has 0 atom stereocenters. The first-order valence-electron chi connectivity index (χ1n) is 6.25. The van der Waals surface area contributed by atoms with Gasteiger partial charge in [0.15, 0.2) is 0 Å². The number of nitrogens with zero attached hydrogens (tertiary/aromatic N) is 3. The van der Waals surface area contributed by atoms with E-state index in [-0.39, 0.29) is 23.1 Å². The second-order valence-corrected chi connectivity index (χ2v) is 4.73. The van der Waals surface area contributed by atoms with Crippen LogP contribution in [0.15, 0.2) is 18.2 Å². The van der Waals surface area contributed by atoms with E-state index in [1.54, 1.807) is 6.07 Å². The lowest BCUT2D eigenvalue weighted by atomic mass is 9.96. The first-order valence-corrected chi connectivity index (χ1v) is 6.25. The van der Waals surface area contributed by atoms with Gasteiger partial charge in [-0.3, -0.25) is 14.9 Å². The Morgan fingerprint density at radius 2 is 2.10 bits per heavy atom. The van der Waals surface area contributed by atoms with Gasteiger partial charge in [0, 0.05) is 30.8 Å². The van der Waals surface area contributed by atoms with Crippen molar-refractivity contribution in [1.29, 1.82) is 5.26 Å². The van der Waals surface area contributed by atoms with E-state index in [1.165, 1.54) is 12.1 Å². The quantitative estimate of drug-likeness (QED) is 0.656. The summed E-state index contributed by atoms with van der Waals surface area (Å²) in [6.45, 7) is 1.24. The molecule has 0 bridgehead atoms. The molecular formula is C13H14N4O3. The minimum absolute atomic E-state index is 0.0470. The Balaban J connectivity index is 2.19. The molecule has 1 aromatic rings. The van der Waals surface area contributed by atoms with Gasteiger partial charge >= 0.3 is 0 Å². The third kappa shape index (κ3) is 2.69. The molecule has 1 fully saturated rings. The van der Waals surface area contributed by atoms with Crippen molar-refractivity contribution in [2.45, 2.75) is 12.8 Å². The fourth-order valence-corrected chi connectivity index (χ4v) is 2.38. The van der Waals surface area contributed by atoms with Crippen LogP contribution in [0.2, 0.25) is 0 Å². The van der Waals surface area contributed by atoms with Crippen LogP contribution >= 0.6 is 0 Å². The van der Waals surface area contributed by atoms with Gasteiger partial charge < -0.3 is 10.6 Å². The summed E-state index contributed by atoms with van der Waals surface area (Å²) >= 11 is 0. The van der Waals surface area contributed by atoms with Crippen molar-refractivity contribution in [3.05, 3.63) is 33.9 Å². The Morgan fingerprint density at radius 3 is 2.60 bits per heavy atom. The zero-order chi connectivity index (χ0) is 14.7. The lowest BCUT2D eigenvalue weighted by molar-refractivity contribution is -0.385. The first kappa shape index (κ1) is 13.8. The Kier molecular flexibility index (Phi) is 3.84. The standard InChI is InChI=1S/C13H14N4O3/c14-8-10-1-2-11(7-12(10)17(19)20)16-5-3-9(4-6-16)13(15)18/h1-2,7,9H,3-6H2,(H2,15,18). The summed E-state index contributed by atoms with van der Waals surface area (Å²) in [6.07, 6.45) is 1.28. The number of nitro groups is 1. The van der Waals surface area contributed by atoms with Crippen LogP contribution in [-0.4, -0.2) is 23.9 Å². The molecule has 104 valence electrons. The maximum Gasteiger partial charge on any atom is 0.289 e. The number of hydrogen-bond donors (Lipinski definition) is 1. The van der Waals surface area contributed by atoms with Crippen LogP contribution in [0, 0.1) is 27.4 Å². The fraction of sp³-hybridized carbons (Fsp3) is 0.385. The molecule has 2 N–H and O–H groups in total. The van der Waals surface area contributed by atoms with Crippen LogP contribution in [0.5, 0.6) is 0 Å². The minimum atomic E-state index is -0.557. The molecule has 1 aromatic carbocycles. The Labute approximate surface area is 115 Å². The number of anilines is 1. The molecule has 0 saturated carbocycles. The molecule has 1 amide bonds. The fourth-order valence-electron chi connectivity index (χ4n) is 2.38. The van der Waals surface area contributed by atoms with Gasteiger partial charge in [0.05, 0.1) is 4.92 Å². The topological polar surface area (TPSA) is 113 Å². The maximum absolute atomic E-state index is 11.1. The van der Waals surface area contributed by atoms with Gasteiger partial charge in [-0.2, -0.15) is 5.26 Å². The predicted molar refractivity (Wildman–Crippen MR) is 71.9 cm³/mol. The largest absolute Gasteiger partial charge is 0.371 e. The van der Waals surface area contributed by atoms with Gasteiger partial charge in [-0.05, 0) is 25.0 Å². The molecule has 1 saturated heterocycles. The molecule has 20 heavy (non-hydrogen) atoms. The van der Waals surface area contributed by atoms with Crippen LogP contribution < -0.4 is 10.6 Å². The molecule has 1 aliphatic rings. The van der Waals surface area contributed by atoms with Crippen LogP contribution in [0.1, 0.15) is 18.4 Å². The summed E-state index contributed by atoms with van der Waals surface area (Å²) < 4.78 is 0.